The molecule has 4 rings (SSSR count). The summed E-state index contributed by atoms with van der Waals surface area (Å²) in [5.41, 5.74) is 4.81. The van der Waals surface area contributed by atoms with Crippen LogP contribution in [0.4, 0.5) is 0 Å². The van der Waals surface area contributed by atoms with Crippen LogP contribution in [0, 0.1) is 0 Å². The number of pyridine rings is 1. The second-order valence-corrected chi connectivity index (χ2v) is 10.1. The maximum atomic E-state index is 10.6. The molecule has 1 atom stereocenters. The van der Waals surface area contributed by atoms with Crippen molar-refractivity contribution in [2.24, 2.45) is 0 Å². The van der Waals surface area contributed by atoms with Crippen LogP contribution in [0.2, 0.25) is 5.02 Å². The molecule has 7 heteroatoms. The Morgan fingerprint density at radius 2 is 1.81 bits per heavy atom. The lowest BCUT2D eigenvalue weighted by atomic mass is 9.90. The molecule has 37 heavy (non-hydrogen) atoms. The minimum absolute atomic E-state index is 0.260. The zero-order valence-corrected chi connectivity index (χ0v) is 22.6. The predicted molar refractivity (Wildman–Crippen MR) is 152 cm³/mol. The first-order valence-corrected chi connectivity index (χ1v) is 13.1. The highest BCUT2D eigenvalue weighted by atomic mass is 35.5. The van der Waals surface area contributed by atoms with Gasteiger partial charge in [-0.2, -0.15) is 0 Å². The van der Waals surface area contributed by atoms with Crippen molar-refractivity contribution >= 4 is 47.0 Å². The van der Waals surface area contributed by atoms with Gasteiger partial charge in [0.05, 0.1) is 23.9 Å². The van der Waals surface area contributed by atoms with Crippen molar-refractivity contribution in [3.05, 3.63) is 112 Å². The van der Waals surface area contributed by atoms with Crippen LogP contribution < -0.4 is 0 Å². The van der Waals surface area contributed by atoms with E-state index in [-0.39, 0.29) is 6.10 Å². The van der Waals surface area contributed by atoms with E-state index in [1.165, 1.54) is 7.11 Å². The normalized spacial score (nSPS) is 12.9. The first kappa shape index (κ1) is 27.3. The number of nitrogens with zero attached hydrogens (tertiary/aromatic N) is 1. The standard InChI is InChI=1S/C30H30ClNO4S/c1-30(2,33)27-10-5-4-8-22(27)14-18-29(35-37-36-34-3)24-9-6-7-21(19-24)11-16-26-17-13-23-12-15-25(31)20-28(23)32-26/h4-13,15-17,19-20,29,33H,14,18H2,1-3H3/t29-/m0/s1. The number of rotatable bonds is 11. The van der Waals surface area contributed by atoms with Gasteiger partial charge < -0.3 is 5.11 Å². The summed E-state index contributed by atoms with van der Waals surface area (Å²) in [6, 6.07) is 25.8. The molecule has 3 aromatic carbocycles. The molecule has 0 fully saturated rings. The van der Waals surface area contributed by atoms with Gasteiger partial charge in [-0.3, -0.25) is 4.18 Å². The fourth-order valence-electron chi connectivity index (χ4n) is 4.23. The first-order valence-electron chi connectivity index (χ1n) is 12.0. The zero-order chi connectivity index (χ0) is 26.3. The van der Waals surface area contributed by atoms with Crippen molar-refractivity contribution in [2.75, 3.05) is 7.11 Å². The molecule has 0 amide bonds. The third-order valence-corrected chi connectivity index (χ3v) is 6.75. The number of halogens is 1. The van der Waals surface area contributed by atoms with E-state index in [9.17, 15) is 5.11 Å². The van der Waals surface area contributed by atoms with Gasteiger partial charge >= 0.3 is 0 Å². The van der Waals surface area contributed by atoms with E-state index in [0.717, 1.165) is 57.6 Å². The van der Waals surface area contributed by atoms with Crippen LogP contribution >= 0.6 is 23.9 Å². The number of aliphatic hydroxyl groups is 1. The summed E-state index contributed by atoms with van der Waals surface area (Å²) in [7, 11) is 1.44. The van der Waals surface area contributed by atoms with Gasteiger partial charge in [-0.25, -0.2) is 9.87 Å². The first-order chi connectivity index (χ1) is 17.8. The maximum Gasteiger partial charge on any atom is 0.195 e. The summed E-state index contributed by atoms with van der Waals surface area (Å²) in [6.45, 7) is 3.60. The number of hydrogen-bond acceptors (Lipinski definition) is 6. The summed E-state index contributed by atoms with van der Waals surface area (Å²) in [5.74, 6) is 0. The van der Waals surface area contributed by atoms with Crippen molar-refractivity contribution in [1.82, 2.24) is 4.98 Å². The van der Waals surface area contributed by atoms with Gasteiger partial charge in [-0.1, -0.05) is 72.3 Å². The lowest BCUT2D eigenvalue weighted by Crippen LogP contribution is -2.18. The highest BCUT2D eigenvalue weighted by Crippen LogP contribution is 2.31. The summed E-state index contributed by atoms with van der Waals surface area (Å²) >= 11 is 6.94. The lowest BCUT2D eigenvalue weighted by molar-refractivity contribution is -0.168. The van der Waals surface area contributed by atoms with E-state index in [1.54, 1.807) is 13.8 Å². The van der Waals surface area contributed by atoms with Gasteiger partial charge in [-0.15, -0.1) is 4.33 Å². The zero-order valence-electron chi connectivity index (χ0n) is 21.1. The van der Waals surface area contributed by atoms with Gasteiger partial charge in [0.25, 0.3) is 0 Å². The third kappa shape index (κ3) is 7.65. The van der Waals surface area contributed by atoms with Gasteiger partial charge in [0, 0.05) is 10.4 Å². The van der Waals surface area contributed by atoms with Gasteiger partial charge in [0.15, 0.2) is 12.3 Å². The van der Waals surface area contributed by atoms with E-state index in [1.807, 2.05) is 84.9 Å². The minimum Gasteiger partial charge on any atom is -0.386 e. The van der Waals surface area contributed by atoms with Crippen LogP contribution in [0.25, 0.3) is 23.1 Å². The molecule has 0 aliphatic rings. The number of fused-ring (bicyclic) bond motifs is 1. The average Bonchev–Trinajstić information content (AvgIpc) is 2.89. The van der Waals surface area contributed by atoms with Gasteiger partial charge in [-0.05, 0) is 79.3 Å². The molecule has 1 heterocycles. The summed E-state index contributed by atoms with van der Waals surface area (Å²) < 4.78 is 10.9. The Balaban J connectivity index is 1.53. The van der Waals surface area contributed by atoms with Crippen molar-refractivity contribution < 1.29 is 18.5 Å². The Hall–Kier alpha value is -2.71. The Kier molecular flexibility index (Phi) is 9.38. The predicted octanol–water partition coefficient (Wildman–Crippen LogP) is 8.12. The van der Waals surface area contributed by atoms with Crippen LogP contribution in [0.5, 0.6) is 0 Å². The molecule has 192 valence electrons. The molecule has 0 saturated heterocycles. The molecule has 0 saturated carbocycles. The second kappa shape index (κ2) is 12.7. The molecular weight excluding hydrogens is 506 g/mol. The molecule has 0 aliphatic heterocycles. The highest BCUT2D eigenvalue weighted by molar-refractivity contribution is 7.89. The van der Waals surface area contributed by atoms with Crippen LogP contribution in [0.15, 0.2) is 78.9 Å². The molecule has 1 N–H and O–H groups in total. The molecule has 5 nitrogen and oxygen atoms in total. The Morgan fingerprint density at radius 1 is 1.00 bits per heavy atom. The summed E-state index contributed by atoms with van der Waals surface area (Å²) in [5, 5.41) is 12.3. The maximum absolute atomic E-state index is 10.6. The monoisotopic (exact) mass is 535 g/mol. The van der Waals surface area contributed by atoms with E-state index in [0.29, 0.717) is 11.4 Å². The Labute approximate surface area is 227 Å². The highest BCUT2D eigenvalue weighted by Gasteiger charge is 2.21. The minimum atomic E-state index is -0.923. The number of aromatic nitrogens is 1. The van der Waals surface area contributed by atoms with Gasteiger partial charge in [0.2, 0.25) is 0 Å². The molecule has 4 aromatic rings. The van der Waals surface area contributed by atoms with Crippen LogP contribution in [-0.4, -0.2) is 17.2 Å². The fraction of sp³-hybridized carbons (Fsp3) is 0.233. The van der Waals surface area contributed by atoms with E-state index < -0.39 is 5.60 Å². The molecule has 0 spiro atoms. The molecule has 1 aromatic heterocycles. The second-order valence-electron chi connectivity index (χ2n) is 9.22. The van der Waals surface area contributed by atoms with Crippen LogP contribution in [0.3, 0.4) is 0 Å². The van der Waals surface area contributed by atoms with Crippen LogP contribution in [0.1, 0.15) is 54.3 Å². The molecular formula is C30H30ClNO4S. The van der Waals surface area contributed by atoms with Crippen molar-refractivity contribution in [2.45, 2.75) is 38.4 Å². The topological polar surface area (TPSA) is 60.8 Å². The van der Waals surface area contributed by atoms with Crippen molar-refractivity contribution in [3.8, 4) is 0 Å². The molecule has 0 aliphatic carbocycles. The molecule has 0 radical (unpaired) electrons. The average molecular weight is 536 g/mol. The molecule has 0 unspecified atom stereocenters. The van der Waals surface area contributed by atoms with E-state index in [2.05, 4.69) is 11.0 Å². The Morgan fingerprint density at radius 3 is 2.62 bits per heavy atom. The summed E-state index contributed by atoms with van der Waals surface area (Å²) in [6.07, 6.45) is 5.17. The van der Waals surface area contributed by atoms with Crippen molar-refractivity contribution in [3.63, 3.8) is 0 Å². The smallest absolute Gasteiger partial charge is 0.195 e. The van der Waals surface area contributed by atoms with E-state index >= 15 is 0 Å². The molecule has 0 bridgehead atoms. The largest absolute Gasteiger partial charge is 0.386 e. The number of aryl methyl sites for hydroxylation is 1. The number of benzene rings is 3. The third-order valence-electron chi connectivity index (χ3n) is 6.01. The van der Waals surface area contributed by atoms with Crippen LogP contribution in [-0.2, 0) is 25.4 Å². The summed E-state index contributed by atoms with van der Waals surface area (Å²) in [4.78, 5) is 9.38. The SMILES string of the molecule is COOSO[C@@H](CCc1ccccc1C(C)(C)O)c1cccc(C=Cc2ccc3ccc(Cl)cc3n2)c1. The van der Waals surface area contributed by atoms with Gasteiger partial charge in [0.1, 0.15) is 6.10 Å². The fourth-order valence-corrected chi connectivity index (χ4v) is 4.78. The lowest BCUT2D eigenvalue weighted by Gasteiger charge is -2.23. The van der Waals surface area contributed by atoms with E-state index in [4.69, 9.17) is 25.1 Å². The Bertz CT molecular complexity index is 1370. The quantitative estimate of drug-likeness (QED) is 0.0905. The number of hydrogen-bond donors (Lipinski definition) is 1. The van der Waals surface area contributed by atoms with Crippen molar-refractivity contribution in [1.29, 1.82) is 0 Å².